The van der Waals surface area contributed by atoms with Gasteiger partial charge in [0.25, 0.3) is 5.69 Å². The van der Waals surface area contributed by atoms with Crippen molar-refractivity contribution in [2.75, 3.05) is 13.1 Å². The van der Waals surface area contributed by atoms with E-state index in [1.807, 2.05) is 12.1 Å². The molecular weight excluding hydrogens is 230 g/mol. The lowest BCUT2D eigenvalue weighted by molar-refractivity contribution is -0.384. The van der Waals surface area contributed by atoms with Crippen molar-refractivity contribution in [3.05, 3.63) is 39.9 Å². The Bertz CT molecular complexity index is 409. The molecule has 1 heterocycles. The zero-order valence-corrected chi connectivity index (χ0v) is 10.6. The number of hydrogen-bond acceptors (Lipinski definition) is 4. The maximum Gasteiger partial charge on any atom is 0.269 e. The predicted octanol–water partition coefficient (Wildman–Crippen LogP) is 1.76. The first-order chi connectivity index (χ1) is 8.54. The molecule has 0 spiro atoms. The predicted molar refractivity (Wildman–Crippen MR) is 70.1 cm³/mol. The summed E-state index contributed by atoms with van der Waals surface area (Å²) in [4.78, 5) is 12.5. The third kappa shape index (κ3) is 3.27. The van der Waals surface area contributed by atoms with E-state index in [0.29, 0.717) is 5.92 Å². The number of benzene rings is 1. The summed E-state index contributed by atoms with van der Waals surface area (Å²) in [6.45, 7) is 4.98. The van der Waals surface area contributed by atoms with Crippen molar-refractivity contribution in [2.45, 2.75) is 25.9 Å². The van der Waals surface area contributed by atoms with Crippen LogP contribution >= 0.6 is 0 Å². The van der Waals surface area contributed by atoms with Gasteiger partial charge >= 0.3 is 0 Å². The van der Waals surface area contributed by atoms with E-state index in [2.05, 4.69) is 11.8 Å². The third-order valence-corrected chi connectivity index (χ3v) is 3.32. The minimum atomic E-state index is -0.372. The summed E-state index contributed by atoms with van der Waals surface area (Å²) >= 11 is 0. The Balaban J connectivity index is 1.98. The largest absolute Gasteiger partial charge is 0.327 e. The number of nitro benzene ring substituents is 1. The highest BCUT2D eigenvalue weighted by atomic mass is 16.6. The summed E-state index contributed by atoms with van der Waals surface area (Å²) in [7, 11) is 0. The minimum Gasteiger partial charge on any atom is -0.327 e. The SMILES string of the molecule is CC1CC(N)CN(Cc2ccc([N+](=O)[O-])cc2)C1. The van der Waals surface area contributed by atoms with Crippen LogP contribution in [0.2, 0.25) is 0 Å². The lowest BCUT2D eigenvalue weighted by Crippen LogP contribution is -2.45. The van der Waals surface area contributed by atoms with Gasteiger partial charge in [-0.25, -0.2) is 0 Å². The molecule has 2 rings (SSSR count). The molecule has 1 fully saturated rings. The minimum absolute atomic E-state index is 0.141. The summed E-state index contributed by atoms with van der Waals surface area (Å²) in [5, 5.41) is 10.6. The Morgan fingerprint density at radius 3 is 2.61 bits per heavy atom. The zero-order valence-electron chi connectivity index (χ0n) is 10.6. The van der Waals surface area contributed by atoms with Gasteiger partial charge in [0.1, 0.15) is 0 Å². The van der Waals surface area contributed by atoms with Gasteiger partial charge in [0.2, 0.25) is 0 Å². The molecule has 0 bridgehead atoms. The van der Waals surface area contributed by atoms with Crippen LogP contribution in [-0.2, 0) is 6.54 Å². The number of likely N-dealkylation sites (tertiary alicyclic amines) is 1. The van der Waals surface area contributed by atoms with Crippen LogP contribution in [-0.4, -0.2) is 29.0 Å². The van der Waals surface area contributed by atoms with Crippen LogP contribution in [0.1, 0.15) is 18.9 Å². The van der Waals surface area contributed by atoms with E-state index in [0.717, 1.165) is 31.6 Å². The number of nitrogens with zero attached hydrogens (tertiary/aromatic N) is 2. The van der Waals surface area contributed by atoms with Crippen LogP contribution in [0.15, 0.2) is 24.3 Å². The molecule has 0 saturated carbocycles. The van der Waals surface area contributed by atoms with E-state index >= 15 is 0 Å². The maximum atomic E-state index is 10.6. The molecule has 5 nitrogen and oxygen atoms in total. The second kappa shape index (κ2) is 5.46. The van der Waals surface area contributed by atoms with Crippen molar-refractivity contribution in [2.24, 2.45) is 11.7 Å². The van der Waals surface area contributed by atoms with Crippen LogP contribution in [0.3, 0.4) is 0 Å². The molecule has 1 aliphatic heterocycles. The van der Waals surface area contributed by atoms with Gasteiger partial charge in [-0.3, -0.25) is 15.0 Å². The van der Waals surface area contributed by atoms with Crippen LogP contribution < -0.4 is 5.73 Å². The van der Waals surface area contributed by atoms with Gasteiger partial charge < -0.3 is 5.73 Å². The van der Waals surface area contributed by atoms with Gasteiger partial charge in [0, 0.05) is 37.8 Å². The second-order valence-corrected chi connectivity index (χ2v) is 5.22. The smallest absolute Gasteiger partial charge is 0.269 e. The summed E-state index contributed by atoms with van der Waals surface area (Å²) in [5.74, 6) is 0.617. The molecule has 5 heteroatoms. The molecule has 1 aliphatic rings. The fraction of sp³-hybridized carbons (Fsp3) is 0.538. The second-order valence-electron chi connectivity index (χ2n) is 5.22. The molecule has 2 atom stereocenters. The summed E-state index contributed by atoms with van der Waals surface area (Å²) in [6, 6.07) is 7.00. The Morgan fingerprint density at radius 2 is 2.06 bits per heavy atom. The zero-order chi connectivity index (χ0) is 13.1. The fourth-order valence-electron chi connectivity index (χ4n) is 2.62. The van der Waals surface area contributed by atoms with E-state index in [1.165, 1.54) is 0 Å². The Kier molecular flexibility index (Phi) is 3.93. The topological polar surface area (TPSA) is 72.4 Å². The Hall–Kier alpha value is -1.46. The molecule has 1 aromatic rings. The van der Waals surface area contributed by atoms with Crippen molar-refractivity contribution in [3.8, 4) is 0 Å². The number of hydrogen-bond donors (Lipinski definition) is 1. The van der Waals surface area contributed by atoms with Crippen LogP contribution in [0.5, 0.6) is 0 Å². The Labute approximate surface area is 107 Å². The van der Waals surface area contributed by atoms with Gasteiger partial charge in [-0.05, 0) is 17.9 Å². The molecule has 1 saturated heterocycles. The normalized spacial score (nSPS) is 25.0. The van der Waals surface area contributed by atoms with Gasteiger partial charge in [-0.2, -0.15) is 0 Å². The number of piperidine rings is 1. The molecule has 0 aliphatic carbocycles. The van der Waals surface area contributed by atoms with Crippen LogP contribution in [0.25, 0.3) is 0 Å². The molecule has 98 valence electrons. The van der Waals surface area contributed by atoms with E-state index in [1.54, 1.807) is 12.1 Å². The highest BCUT2D eigenvalue weighted by molar-refractivity contribution is 5.32. The average Bonchev–Trinajstić information content (AvgIpc) is 2.28. The number of non-ortho nitro benzene ring substituents is 1. The molecule has 0 amide bonds. The highest BCUT2D eigenvalue weighted by Gasteiger charge is 2.22. The van der Waals surface area contributed by atoms with Crippen LogP contribution in [0, 0.1) is 16.0 Å². The Morgan fingerprint density at radius 1 is 1.39 bits per heavy atom. The monoisotopic (exact) mass is 249 g/mol. The fourth-order valence-corrected chi connectivity index (χ4v) is 2.62. The number of rotatable bonds is 3. The molecular formula is C13H19N3O2. The number of nitrogens with two attached hydrogens (primary N) is 1. The summed E-state index contributed by atoms with van der Waals surface area (Å²) in [5.41, 5.74) is 7.24. The van der Waals surface area contributed by atoms with Crippen molar-refractivity contribution in [1.82, 2.24) is 4.90 Å². The first-order valence-electron chi connectivity index (χ1n) is 6.26. The van der Waals surface area contributed by atoms with Gasteiger partial charge in [-0.1, -0.05) is 19.1 Å². The molecule has 0 aromatic heterocycles. The molecule has 2 N–H and O–H groups in total. The van der Waals surface area contributed by atoms with Gasteiger partial charge in [-0.15, -0.1) is 0 Å². The summed E-state index contributed by atoms with van der Waals surface area (Å²) in [6.07, 6.45) is 1.08. The standard InChI is InChI=1S/C13H19N3O2/c1-10-6-12(14)9-15(7-10)8-11-2-4-13(5-3-11)16(17)18/h2-5,10,12H,6-9,14H2,1H3. The van der Waals surface area contributed by atoms with Crippen molar-refractivity contribution >= 4 is 5.69 Å². The lowest BCUT2D eigenvalue weighted by Gasteiger charge is -2.34. The highest BCUT2D eigenvalue weighted by Crippen LogP contribution is 2.18. The van der Waals surface area contributed by atoms with Crippen molar-refractivity contribution in [3.63, 3.8) is 0 Å². The van der Waals surface area contributed by atoms with Crippen molar-refractivity contribution < 1.29 is 4.92 Å². The van der Waals surface area contributed by atoms with E-state index < -0.39 is 0 Å². The average molecular weight is 249 g/mol. The molecule has 18 heavy (non-hydrogen) atoms. The van der Waals surface area contributed by atoms with Crippen LogP contribution in [0.4, 0.5) is 5.69 Å². The van der Waals surface area contributed by atoms with Crippen molar-refractivity contribution in [1.29, 1.82) is 0 Å². The van der Waals surface area contributed by atoms with E-state index in [-0.39, 0.29) is 16.7 Å². The lowest BCUT2D eigenvalue weighted by atomic mass is 9.96. The first-order valence-corrected chi connectivity index (χ1v) is 6.26. The quantitative estimate of drug-likeness (QED) is 0.654. The molecule has 2 unspecified atom stereocenters. The molecule has 1 aromatic carbocycles. The third-order valence-electron chi connectivity index (χ3n) is 3.32. The number of nitro groups is 1. The van der Waals surface area contributed by atoms with E-state index in [4.69, 9.17) is 5.73 Å². The van der Waals surface area contributed by atoms with E-state index in [9.17, 15) is 10.1 Å². The summed E-state index contributed by atoms with van der Waals surface area (Å²) < 4.78 is 0. The van der Waals surface area contributed by atoms with Gasteiger partial charge in [0.05, 0.1) is 4.92 Å². The maximum absolute atomic E-state index is 10.6. The first kappa shape index (κ1) is 13.0. The molecule has 0 radical (unpaired) electrons. The van der Waals surface area contributed by atoms with Gasteiger partial charge in [0.15, 0.2) is 0 Å².